The summed E-state index contributed by atoms with van der Waals surface area (Å²) in [7, 11) is 0. The molecule has 0 bridgehead atoms. The van der Waals surface area contributed by atoms with Crippen LogP contribution in [0.25, 0.3) is 0 Å². The molecule has 0 aromatic rings. The second kappa shape index (κ2) is 2.28. The topological polar surface area (TPSA) is 3.24 Å². The maximum atomic E-state index is 13.3. The monoisotopic (exact) mass is 185 g/mol. The van der Waals surface area contributed by atoms with E-state index in [0.717, 1.165) is 25.9 Å². The molecule has 76 valence electrons. The molecule has 1 aliphatic carbocycles. The molecule has 2 rings (SSSR count). The van der Waals surface area contributed by atoms with Crippen LogP contribution in [0.5, 0.6) is 0 Å². The smallest absolute Gasteiger partial charge is 0.109 e. The minimum absolute atomic E-state index is 0.271. The van der Waals surface area contributed by atoms with Gasteiger partial charge in [0.25, 0.3) is 0 Å². The second-order valence-corrected chi connectivity index (χ2v) is 6.29. The molecule has 0 radical (unpaired) electrons. The minimum atomic E-state index is -0.857. The lowest BCUT2D eigenvalue weighted by Crippen LogP contribution is -2.69. The summed E-state index contributed by atoms with van der Waals surface area (Å²) in [5, 5.41) is 0. The Hall–Kier alpha value is -0.110. The molecule has 1 saturated heterocycles. The first kappa shape index (κ1) is 9.45. The van der Waals surface area contributed by atoms with E-state index in [0.29, 0.717) is 5.41 Å². The summed E-state index contributed by atoms with van der Waals surface area (Å²) in [5.41, 5.74) is -0.228. The molecule has 1 heterocycles. The number of nitrogens with zero attached hydrogens (tertiary/aromatic N) is 1. The van der Waals surface area contributed by atoms with Gasteiger partial charge >= 0.3 is 0 Å². The Balaban J connectivity index is 1.87. The maximum absolute atomic E-state index is 13.3. The SMILES string of the molecule is CC1(F)CC2(CN(C(C)(C)C)C2)C1. The van der Waals surface area contributed by atoms with E-state index in [-0.39, 0.29) is 5.54 Å². The van der Waals surface area contributed by atoms with Gasteiger partial charge in [0.2, 0.25) is 0 Å². The molecule has 0 atom stereocenters. The van der Waals surface area contributed by atoms with Crippen LogP contribution in [0, 0.1) is 5.41 Å². The fourth-order valence-electron chi connectivity index (χ4n) is 2.97. The summed E-state index contributed by atoms with van der Waals surface area (Å²) >= 11 is 0. The molecule has 0 unspecified atom stereocenters. The number of hydrogen-bond acceptors (Lipinski definition) is 1. The zero-order chi connectivity index (χ0) is 9.91. The molecule has 2 fully saturated rings. The van der Waals surface area contributed by atoms with Crippen molar-refractivity contribution in [1.29, 1.82) is 0 Å². The van der Waals surface area contributed by atoms with Crippen molar-refractivity contribution in [1.82, 2.24) is 4.90 Å². The molecule has 1 aliphatic heterocycles. The van der Waals surface area contributed by atoms with Crippen LogP contribution in [-0.2, 0) is 0 Å². The van der Waals surface area contributed by atoms with Crippen LogP contribution >= 0.6 is 0 Å². The van der Waals surface area contributed by atoms with Crippen LogP contribution in [-0.4, -0.2) is 29.2 Å². The van der Waals surface area contributed by atoms with E-state index in [1.165, 1.54) is 0 Å². The lowest BCUT2D eigenvalue weighted by Gasteiger charge is -2.63. The first-order chi connectivity index (χ1) is 5.73. The first-order valence-electron chi connectivity index (χ1n) is 5.17. The highest BCUT2D eigenvalue weighted by molar-refractivity contribution is 5.11. The summed E-state index contributed by atoms with van der Waals surface area (Å²) in [6, 6.07) is 0. The van der Waals surface area contributed by atoms with Crippen LogP contribution in [0.3, 0.4) is 0 Å². The van der Waals surface area contributed by atoms with Gasteiger partial charge in [-0.2, -0.15) is 0 Å². The highest BCUT2D eigenvalue weighted by atomic mass is 19.1. The fourth-order valence-corrected chi connectivity index (χ4v) is 2.97. The highest BCUT2D eigenvalue weighted by Crippen LogP contribution is 2.56. The lowest BCUT2D eigenvalue weighted by atomic mass is 9.56. The van der Waals surface area contributed by atoms with Crippen molar-refractivity contribution in [3.05, 3.63) is 0 Å². The minimum Gasteiger partial charge on any atom is -0.297 e. The third-order valence-corrected chi connectivity index (χ3v) is 3.49. The van der Waals surface area contributed by atoms with Gasteiger partial charge in [-0.05, 0) is 40.5 Å². The molecule has 1 spiro atoms. The number of rotatable bonds is 0. The van der Waals surface area contributed by atoms with Crippen LogP contribution < -0.4 is 0 Å². The Bertz CT molecular complexity index is 211. The summed E-state index contributed by atoms with van der Waals surface area (Å²) in [6.07, 6.45) is 1.57. The molecular formula is C11H20FN. The molecule has 1 saturated carbocycles. The Labute approximate surface area is 80.3 Å². The molecule has 1 nitrogen and oxygen atoms in total. The third kappa shape index (κ3) is 1.50. The van der Waals surface area contributed by atoms with Crippen molar-refractivity contribution in [2.75, 3.05) is 13.1 Å². The van der Waals surface area contributed by atoms with Gasteiger partial charge in [0.15, 0.2) is 0 Å². The second-order valence-electron chi connectivity index (χ2n) is 6.29. The quantitative estimate of drug-likeness (QED) is 0.560. The largest absolute Gasteiger partial charge is 0.297 e. The highest BCUT2D eigenvalue weighted by Gasteiger charge is 2.59. The van der Waals surface area contributed by atoms with Gasteiger partial charge in [-0.25, -0.2) is 4.39 Å². The van der Waals surface area contributed by atoms with Gasteiger partial charge in [-0.1, -0.05) is 0 Å². The zero-order valence-electron chi connectivity index (χ0n) is 9.15. The fraction of sp³-hybridized carbons (Fsp3) is 1.00. The van der Waals surface area contributed by atoms with E-state index in [1.54, 1.807) is 6.92 Å². The molecule has 0 aromatic heterocycles. The molecule has 0 aromatic carbocycles. The van der Waals surface area contributed by atoms with Crippen molar-refractivity contribution in [3.63, 3.8) is 0 Å². The van der Waals surface area contributed by atoms with Gasteiger partial charge in [0.1, 0.15) is 5.67 Å². The Morgan fingerprint density at radius 3 is 1.92 bits per heavy atom. The van der Waals surface area contributed by atoms with E-state index in [2.05, 4.69) is 25.7 Å². The molecule has 13 heavy (non-hydrogen) atoms. The molecule has 0 amide bonds. The van der Waals surface area contributed by atoms with Crippen LogP contribution in [0.4, 0.5) is 4.39 Å². The maximum Gasteiger partial charge on any atom is 0.109 e. The summed E-state index contributed by atoms with van der Waals surface area (Å²) in [4.78, 5) is 2.45. The normalized spacial score (nSPS) is 31.2. The number of halogens is 1. The van der Waals surface area contributed by atoms with E-state index < -0.39 is 5.67 Å². The van der Waals surface area contributed by atoms with Crippen molar-refractivity contribution < 1.29 is 4.39 Å². The van der Waals surface area contributed by atoms with Crippen molar-refractivity contribution >= 4 is 0 Å². The van der Waals surface area contributed by atoms with E-state index >= 15 is 0 Å². The van der Waals surface area contributed by atoms with Crippen molar-refractivity contribution in [2.24, 2.45) is 5.41 Å². The summed E-state index contributed by atoms with van der Waals surface area (Å²) in [6.45, 7) is 10.6. The summed E-state index contributed by atoms with van der Waals surface area (Å²) in [5.74, 6) is 0. The van der Waals surface area contributed by atoms with Gasteiger partial charge in [-0.3, -0.25) is 4.90 Å². The Kier molecular flexibility index (Phi) is 1.65. The summed E-state index contributed by atoms with van der Waals surface area (Å²) < 4.78 is 13.3. The lowest BCUT2D eigenvalue weighted by molar-refractivity contribution is -0.169. The van der Waals surface area contributed by atoms with Crippen LogP contribution in [0.1, 0.15) is 40.5 Å². The molecule has 0 N–H and O–H groups in total. The predicted molar refractivity (Wildman–Crippen MR) is 52.5 cm³/mol. The Morgan fingerprint density at radius 1 is 1.15 bits per heavy atom. The van der Waals surface area contributed by atoms with Crippen LogP contribution in [0.15, 0.2) is 0 Å². The number of hydrogen-bond donors (Lipinski definition) is 0. The van der Waals surface area contributed by atoms with Crippen molar-refractivity contribution in [3.8, 4) is 0 Å². The first-order valence-corrected chi connectivity index (χ1v) is 5.17. The van der Waals surface area contributed by atoms with Gasteiger partial charge in [0.05, 0.1) is 0 Å². The predicted octanol–water partition coefficient (Wildman–Crippen LogP) is 2.61. The zero-order valence-corrected chi connectivity index (χ0v) is 9.15. The van der Waals surface area contributed by atoms with E-state index in [1.807, 2.05) is 0 Å². The Morgan fingerprint density at radius 2 is 1.62 bits per heavy atom. The van der Waals surface area contributed by atoms with E-state index in [4.69, 9.17) is 0 Å². The van der Waals surface area contributed by atoms with Crippen molar-refractivity contribution in [2.45, 2.75) is 51.7 Å². The van der Waals surface area contributed by atoms with Gasteiger partial charge in [0, 0.05) is 24.0 Å². The third-order valence-electron chi connectivity index (χ3n) is 3.49. The molecular weight excluding hydrogens is 165 g/mol. The van der Waals surface area contributed by atoms with Gasteiger partial charge < -0.3 is 0 Å². The number of likely N-dealkylation sites (tertiary alicyclic amines) is 1. The average Bonchev–Trinajstić information content (AvgIpc) is 1.72. The van der Waals surface area contributed by atoms with E-state index in [9.17, 15) is 4.39 Å². The standard InChI is InChI=1S/C11H20FN/c1-9(2,3)13-7-11(8-13)5-10(4,12)6-11/h5-8H2,1-4H3. The van der Waals surface area contributed by atoms with Crippen LogP contribution in [0.2, 0.25) is 0 Å². The average molecular weight is 185 g/mol. The molecule has 2 aliphatic rings. The number of alkyl halides is 1. The molecule has 2 heteroatoms. The van der Waals surface area contributed by atoms with Gasteiger partial charge in [-0.15, -0.1) is 0 Å².